The molecule has 2 aromatic heterocycles. The highest BCUT2D eigenvalue weighted by molar-refractivity contribution is 5.97. The highest BCUT2D eigenvalue weighted by atomic mass is 16.2. The summed E-state index contributed by atoms with van der Waals surface area (Å²) in [5.74, 6) is 1.06. The summed E-state index contributed by atoms with van der Waals surface area (Å²) in [4.78, 5) is 19.2. The molecule has 0 saturated carbocycles. The van der Waals surface area contributed by atoms with Crippen molar-refractivity contribution in [2.75, 3.05) is 13.1 Å². The second-order valence-electron chi connectivity index (χ2n) is 6.54. The molecule has 1 aliphatic heterocycles. The second kappa shape index (κ2) is 6.31. The van der Waals surface area contributed by atoms with Crippen molar-refractivity contribution in [3.63, 3.8) is 0 Å². The quantitative estimate of drug-likeness (QED) is 0.735. The zero-order valence-electron chi connectivity index (χ0n) is 14.6. The molecule has 25 heavy (non-hydrogen) atoms. The van der Waals surface area contributed by atoms with Gasteiger partial charge in [0, 0.05) is 37.6 Å². The average Bonchev–Trinajstić information content (AvgIpc) is 3.26. The maximum absolute atomic E-state index is 13.0. The van der Waals surface area contributed by atoms with Crippen molar-refractivity contribution in [3.05, 3.63) is 42.0 Å². The number of nitrogens with zero attached hydrogens (tertiary/aromatic N) is 6. The van der Waals surface area contributed by atoms with E-state index >= 15 is 0 Å². The Morgan fingerprint density at radius 2 is 2.24 bits per heavy atom. The summed E-state index contributed by atoms with van der Waals surface area (Å²) in [5.41, 5.74) is 2.41. The van der Waals surface area contributed by atoms with E-state index in [9.17, 15) is 4.79 Å². The number of benzene rings is 1. The Balaban J connectivity index is 1.57. The molecule has 1 saturated heterocycles. The van der Waals surface area contributed by atoms with E-state index in [4.69, 9.17) is 0 Å². The topological polar surface area (TPSA) is 68.8 Å². The molecule has 1 aromatic carbocycles. The number of aromatic nitrogens is 5. The van der Waals surface area contributed by atoms with E-state index in [2.05, 4.69) is 19.9 Å². The number of rotatable bonds is 3. The van der Waals surface area contributed by atoms with Crippen LogP contribution in [-0.2, 0) is 6.54 Å². The first-order valence-corrected chi connectivity index (χ1v) is 8.79. The van der Waals surface area contributed by atoms with Crippen LogP contribution in [-0.4, -0.2) is 48.4 Å². The molecule has 0 radical (unpaired) electrons. The monoisotopic (exact) mass is 338 g/mol. The molecular weight excluding hydrogens is 316 g/mol. The average molecular weight is 338 g/mol. The van der Waals surface area contributed by atoms with Crippen molar-refractivity contribution in [3.8, 4) is 0 Å². The van der Waals surface area contributed by atoms with Crippen molar-refractivity contribution in [2.24, 2.45) is 0 Å². The minimum absolute atomic E-state index is 0.0652. The van der Waals surface area contributed by atoms with E-state index < -0.39 is 0 Å². The lowest BCUT2D eigenvalue weighted by atomic mass is 10.0. The lowest BCUT2D eigenvalue weighted by molar-refractivity contribution is 0.0678. The van der Waals surface area contributed by atoms with Crippen LogP contribution < -0.4 is 0 Å². The number of hydrogen-bond acceptors (Lipinski definition) is 4. The van der Waals surface area contributed by atoms with Crippen LogP contribution in [0.4, 0.5) is 0 Å². The van der Waals surface area contributed by atoms with Crippen molar-refractivity contribution < 1.29 is 4.79 Å². The maximum atomic E-state index is 13.0. The first-order chi connectivity index (χ1) is 12.2. The zero-order chi connectivity index (χ0) is 17.4. The molecule has 0 spiro atoms. The summed E-state index contributed by atoms with van der Waals surface area (Å²) in [6, 6.07) is 5.97. The molecule has 3 heterocycles. The van der Waals surface area contributed by atoms with E-state index in [1.807, 2.05) is 54.0 Å². The fourth-order valence-corrected chi connectivity index (χ4v) is 3.66. The third-order valence-electron chi connectivity index (χ3n) is 5.00. The van der Waals surface area contributed by atoms with Crippen LogP contribution in [0.5, 0.6) is 0 Å². The van der Waals surface area contributed by atoms with E-state index in [0.717, 1.165) is 49.3 Å². The molecule has 0 aliphatic carbocycles. The van der Waals surface area contributed by atoms with Crippen LogP contribution in [0.2, 0.25) is 0 Å². The van der Waals surface area contributed by atoms with Crippen LogP contribution in [0.3, 0.4) is 0 Å². The molecular formula is C18H22N6O. The van der Waals surface area contributed by atoms with Crippen LogP contribution >= 0.6 is 0 Å². The largest absolute Gasteiger partial charge is 0.337 e. The lowest BCUT2D eigenvalue weighted by Gasteiger charge is -2.34. The normalized spacial score (nSPS) is 18.0. The van der Waals surface area contributed by atoms with Crippen molar-refractivity contribution in [2.45, 2.75) is 39.3 Å². The molecule has 1 atom stereocenters. The zero-order valence-corrected chi connectivity index (χ0v) is 14.6. The van der Waals surface area contributed by atoms with Gasteiger partial charge in [0.2, 0.25) is 0 Å². The number of carbonyl (C=O) groups is 1. The molecule has 0 unspecified atom stereocenters. The highest BCUT2D eigenvalue weighted by Crippen LogP contribution is 2.24. The smallest absolute Gasteiger partial charge is 0.254 e. The molecule has 7 nitrogen and oxygen atoms in total. The Hall–Kier alpha value is -2.70. The van der Waals surface area contributed by atoms with E-state index in [-0.39, 0.29) is 5.91 Å². The summed E-state index contributed by atoms with van der Waals surface area (Å²) in [6.07, 6.45) is 5.90. The first-order valence-electron chi connectivity index (χ1n) is 8.79. The standard InChI is InChI=1S/C18H22N6O/c1-3-24-17-7-6-14(11-16(17)20-21-24)18(25)22-9-4-5-15(12-22)23-10-8-19-13(23)2/h6-8,10-11,15H,3-5,9,12H2,1-2H3/t15-/m1/s1. The van der Waals surface area contributed by atoms with Crippen molar-refractivity contribution in [1.82, 2.24) is 29.4 Å². The third kappa shape index (κ3) is 2.79. The Morgan fingerprint density at radius 1 is 1.36 bits per heavy atom. The van der Waals surface area contributed by atoms with Gasteiger partial charge in [-0.25, -0.2) is 9.67 Å². The number of imidazole rings is 1. The van der Waals surface area contributed by atoms with Gasteiger partial charge >= 0.3 is 0 Å². The molecule has 0 N–H and O–H groups in total. The fourth-order valence-electron chi connectivity index (χ4n) is 3.66. The molecule has 130 valence electrons. The van der Waals surface area contributed by atoms with Gasteiger partial charge in [0.25, 0.3) is 5.91 Å². The molecule has 1 fully saturated rings. The number of piperidine rings is 1. The van der Waals surface area contributed by atoms with Gasteiger partial charge in [0.15, 0.2) is 0 Å². The fraction of sp³-hybridized carbons (Fsp3) is 0.444. The second-order valence-corrected chi connectivity index (χ2v) is 6.54. The van der Waals surface area contributed by atoms with Crippen LogP contribution in [0.15, 0.2) is 30.6 Å². The summed E-state index contributed by atoms with van der Waals surface area (Å²) in [6.45, 7) is 6.31. The van der Waals surface area contributed by atoms with Crippen LogP contribution in [0.25, 0.3) is 11.0 Å². The van der Waals surface area contributed by atoms with Crippen molar-refractivity contribution in [1.29, 1.82) is 0 Å². The Kier molecular flexibility index (Phi) is 3.99. The molecule has 1 aliphatic rings. The maximum Gasteiger partial charge on any atom is 0.254 e. The first kappa shape index (κ1) is 15.8. The Morgan fingerprint density at radius 3 is 3.00 bits per heavy atom. The van der Waals surface area contributed by atoms with Gasteiger partial charge in [-0.3, -0.25) is 4.79 Å². The van der Waals surface area contributed by atoms with Crippen molar-refractivity contribution >= 4 is 16.9 Å². The predicted octanol–water partition coefficient (Wildman–Crippen LogP) is 2.43. The summed E-state index contributed by atoms with van der Waals surface area (Å²) in [7, 11) is 0. The number of likely N-dealkylation sites (tertiary alicyclic amines) is 1. The summed E-state index contributed by atoms with van der Waals surface area (Å²) in [5, 5.41) is 8.29. The summed E-state index contributed by atoms with van der Waals surface area (Å²) < 4.78 is 4.01. The number of hydrogen-bond donors (Lipinski definition) is 0. The molecule has 1 amide bonds. The van der Waals surface area contributed by atoms with Gasteiger partial charge < -0.3 is 9.47 Å². The number of fused-ring (bicyclic) bond motifs is 1. The van der Waals surface area contributed by atoms with Crippen LogP contribution in [0, 0.1) is 6.92 Å². The Bertz CT molecular complexity index is 911. The van der Waals surface area contributed by atoms with Gasteiger partial charge in [-0.15, -0.1) is 5.10 Å². The van der Waals surface area contributed by atoms with Gasteiger partial charge in [-0.1, -0.05) is 5.21 Å². The Labute approximate surface area is 146 Å². The van der Waals surface area contributed by atoms with E-state index in [1.54, 1.807) is 0 Å². The number of amides is 1. The predicted molar refractivity (Wildman–Crippen MR) is 94.3 cm³/mol. The molecule has 0 bridgehead atoms. The van der Waals surface area contributed by atoms with E-state index in [1.165, 1.54) is 0 Å². The minimum atomic E-state index is 0.0652. The summed E-state index contributed by atoms with van der Waals surface area (Å²) >= 11 is 0. The van der Waals surface area contributed by atoms with Gasteiger partial charge in [0.1, 0.15) is 11.3 Å². The molecule has 4 rings (SSSR count). The van der Waals surface area contributed by atoms with E-state index in [0.29, 0.717) is 11.6 Å². The minimum Gasteiger partial charge on any atom is -0.337 e. The van der Waals surface area contributed by atoms with Gasteiger partial charge in [-0.2, -0.15) is 0 Å². The van der Waals surface area contributed by atoms with Gasteiger partial charge in [0.05, 0.1) is 11.6 Å². The lowest BCUT2D eigenvalue weighted by Crippen LogP contribution is -2.40. The molecule has 3 aromatic rings. The number of carbonyl (C=O) groups excluding carboxylic acids is 1. The molecule has 7 heteroatoms. The number of aryl methyl sites for hydroxylation is 2. The van der Waals surface area contributed by atoms with Crippen LogP contribution in [0.1, 0.15) is 42.0 Å². The van der Waals surface area contributed by atoms with Gasteiger partial charge in [-0.05, 0) is 44.9 Å². The third-order valence-corrected chi connectivity index (χ3v) is 5.00. The SMILES string of the molecule is CCn1nnc2cc(C(=O)N3CCC[C@@H](n4ccnc4C)C3)ccc21. The highest BCUT2D eigenvalue weighted by Gasteiger charge is 2.26.